The van der Waals surface area contributed by atoms with Gasteiger partial charge in [-0.3, -0.25) is 9.59 Å². The number of rotatable bonds is 12. The lowest BCUT2D eigenvalue weighted by molar-refractivity contribution is -0.144. The fourth-order valence-corrected chi connectivity index (χ4v) is 1.83. The van der Waals surface area contributed by atoms with Crippen molar-refractivity contribution < 1.29 is 23.9 Å². The van der Waals surface area contributed by atoms with Crippen molar-refractivity contribution in [2.24, 2.45) is 5.10 Å². The number of hydrogen-bond donors (Lipinski definition) is 1. The van der Waals surface area contributed by atoms with E-state index in [4.69, 9.17) is 9.47 Å². The molecule has 0 fully saturated rings. The van der Waals surface area contributed by atoms with Crippen molar-refractivity contribution in [2.75, 3.05) is 13.2 Å². The summed E-state index contributed by atoms with van der Waals surface area (Å²) >= 11 is 0. The van der Waals surface area contributed by atoms with Gasteiger partial charge >= 0.3 is 5.97 Å². The molecule has 8 heteroatoms. The number of ether oxygens (including phenoxy) is 2. The van der Waals surface area contributed by atoms with E-state index in [2.05, 4.69) is 17.2 Å². The Morgan fingerprint density at radius 3 is 2.52 bits per heavy atom. The molecule has 1 amide bonds. The molecule has 0 aliphatic heterocycles. The van der Waals surface area contributed by atoms with Gasteiger partial charge < -0.3 is 14.3 Å². The molecule has 133 valence electrons. The Labute approximate surface area is 148 Å². The van der Waals surface area contributed by atoms with Crippen molar-refractivity contribution in [3.05, 3.63) is 35.4 Å². The zero-order chi connectivity index (χ0) is 18.5. The zero-order valence-corrected chi connectivity index (χ0v) is 14.3. The first-order chi connectivity index (χ1) is 12.0. The van der Waals surface area contributed by atoms with Gasteiger partial charge in [-0.15, -0.1) is 0 Å². The first kappa shape index (κ1) is 20.6. The predicted octanol–water partition coefficient (Wildman–Crippen LogP) is 1.01. The van der Waals surface area contributed by atoms with Gasteiger partial charge in [0.25, 0.3) is 5.91 Å². The summed E-state index contributed by atoms with van der Waals surface area (Å²) in [6.45, 7) is 5.13. The van der Waals surface area contributed by atoms with E-state index in [0.717, 1.165) is 11.1 Å². The minimum Gasteiger partial charge on any atom is -0.461 e. The molecule has 1 aromatic rings. The monoisotopic (exact) mass is 345 g/mol. The summed E-state index contributed by atoms with van der Waals surface area (Å²) < 4.78 is 10.1. The van der Waals surface area contributed by atoms with Crippen LogP contribution < -0.4 is 5.43 Å². The molecular weight excluding hydrogens is 323 g/mol. The van der Waals surface area contributed by atoms with E-state index in [9.17, 15) is 14.4 Å². The molecule has 1 rings (SSSR count). The van der Waals surface area contributed by atoms with Crippen molar-refractivity contribution in [1.29, 1.82) is 0 Å². The highest BCUT2D eigenvalue weighted by Crippen LogP contribution is 2.07. The third-order valence-corrected chi connectivity index (χ3v) is 3.21. The molecule has 0 aliphatic rings. The van der Waals surface area contributed by atoms with Gasteiger partial charge in [-0.2, -0.15) is 5.10 Å². The van der Waals surface area contributed by atoms with Crippen LogP contribution in [-0.4, -0.2) is 44.8 Å². The Bertz CT molecular complexity index is 589. The normalized spacial score (nSPS) is 9.96. The average molecular weight is 345 g/mol. The molecule has 0 saturated carbocycles. The topological polar surface area (TPSA) is 94.1 Å². The maximum Gasteiger partial charge on any atom is 0.305 e. The van der Waals surface area contributed by atoms with E-state index >= 15 is 0 Å². The SMILES string of the molecule is C=NNC(=O)COCCC(=O)[B]Cc1ccc(COC(=O)CC)cc1. The Kier molecular flexibility index (Phi) is 9.85. The highest BCUT2D eigenvalue weighted by Gasteiger charge is 2.07. The fraction of sp³-hybridized carbons (Fsp3) is 0.412. The van der Waals surface area contributed by atoms with Crippen molar-refractivity contribution in [2.45, 2.75) is 32.7 Å². The lowest BCUT2D eigenvalue weighted by Gasteiger charge is -2.05. The van der Waals surface area contributed by atoms with Crippen molar-refractivity contribution in [1.82, 2.24) is 5.43 Å². The Morgan fingerprint density at radius 1 is 1.20 bits per heavy atom. The number of nitrogens with one attached hydrogen (secondary N) is 1. The molecular formula is C17H22BN2O5. The summed E-state index contributed by atoms with van der Waals surface area (Å²) in [5.41, 5.74) is 3.96. The summed E-state index contributed by atoms with van der Waals surface area (Å²) in [4.78, 5) is 33.9. The van der Waals surface area contributed by atoms with E-state index < -0.39 is 5.91 Å². The van der Waals surface area contributed by atoms with Crippen molar-refractivity contribution in [3.8, 4) is 0 Å². The van der Waals surface area contributed by atoms with Gasteiger partial charge in [-0.25, -0.2) is 5.43 Å². The van der Waals surface area contributed by atoms with Gasteiger partial charge in [-0.1, -0.05) is 36.8 Å². The molecule has 0 aliphatic carbocycles. The Balaban J connectivity index is 2.21. The van der Waals surface area contributed by atoms with Crippen LogP contribution in [0, 0.1) is 0 Å². The third-order valence-electron chi connectivity index (χ3n) is 3.21. The van der Waals surface area contributed by atoms with E-state index in [0.29, 0.717) is 12.7 Å². The maximum absolute atomic E-state index is 11.7. The molecule has 1 N–H and O–H groups in total. The standard InChI is InChI=1S/C17H22BN2O5/c1-3-17(23)25-11-14-6-4-13(5-7-14)10-18-15(21)8-9-24-12-16(22)20-19-2/h4-7H,2-3,8-12H2,1H3,(H,20,22). The number of carbonyl (C=O) groups excluding carboxylic acids is 3. The van der Waals surface area contributed by atoms with Crippen LogP contribution in [0.5, 0.6) is 0 Å². The molecule has 0 unspecified atom stereocenters. The lowest BCUT2D eigenvalue weighted by Crippen LogP contribution is -2.23. The molecule has 0 aromatic heterocycles. The van der Waals surface area contributed by atoms with E-state index in [-0.39, 0.29) is 37.9 Å². The Morgan fingerprint density at radius 2 is 1.88 bits per heavy atom. The molecule has 7 nitrogen and oxygen atoms in total. The van der Waals surface area contributed by atoms with Crippen molar-refractivity contribution in [3.63, 3.8) is 0 Å². The maximum atomic E-state index is 11.7. The van der Waals surface area contributed by atoms with E-state index in [1.165, 1.54) is 0 Å². The van der Waals surface area contributed by atoms with Crippen LogP contribution in [0.25, 0.3) is 0 Å². The molecule has 0 bridgehead atoms. The van der Waals surface area contributed by atoms with E-state index in [1.807, 2.05) is 24.3 Å². The molecule has 1 radical (unpaired) electrons. The van der Waals surface area contributed by atoms with Gasteiger partial charge in [0.05, 0.1) is 12.3 Å². The number of carbonyl (C=O) groups is 3. The largest absolute Gasteiger partial charge is 0.461 e. The van der Waals surface area contributed by atoms with Gasteiger partial charge in [0, 0.05) is 19.6 Å². The molecule has 25 heavy (non-hydrogen) atoms. The van der Waals surface area contributed by atoms with Crippen molar-refractivity contribution >= 4 is 31.6 Å². The quantitative estimate of drug-likeness (QED) is 0.201. The number of amides is 1. The van der Waals surface area contributed by atoms with Crippen LogP contribution in [-0.2, 0) is 36.8 Å². The minimum atomic E-state index is -0.406. The van der Waals surface area contributed by atoms with Crippen LogP contribution in [0.15, 0.2) is 29.4 Å². The number of esters is 1. The van der Waals surface area contributed by atoms with Gasteiger partial charge in [0.1, 0.15) is 13.2 Å². The van der Waals surface area contributed by atoms with Crippen LogP contribution >= 0.6 is 0 Å². The smallest absolute Gasteiger partial charge is 0.305 e. The number of hydrazone groups is 1. The highest BCUT2D eigenvalue weighted by atomic mass is 16.5. The second kappa shape index (κ2) is 12.0. The third kappa shape index (κ3) is 9.41. The summed E-state index contributed by atoms with van der Waals surface area (Å²) in [6, 6.07) is 7.52. The Hall–Kier alpha value is -2.48. The first-order valence-corrected chi connectivity index (χ1v) is 7.97. The summed E-state index contributed by atoms with van der Waals surface area (Å²) in [6.07, 6.45) is 1.07. The lowest BCUT2D eigenvalue weighted by atomic mass is 9.66. The van der Waals surface area contributed by atoms with Gasteiger partial charge in [-0.05, 0) is 11.9 Å². The van der Waals surface area contributed by atoms with Gasteiger partial charge in [0.2, 0.25) is 7.28 Å². The predicted molar refractivity (Wildman–Crippen MR) is 94.1 cm³/mol. The molecule has 0 heterocycles. The number of benzene rings is 1. The fourth-order valence-electron chi connectivity index (χ4n) is 1.83. The minimum absolute atomic E-state index is 0.0526. The molecule has 0 atom stereocenters. The highest BCUT2D eigenvalue weighted by molar-refractivity contribution is 6.73. The molecule has 1 aromatic carbocycles. The van der Waals surface area contributed by atoms with Crippen LogP contribution in [0.1, 0.15) is 30.9 Å². The zero-order valence-electron chi connectivity index (χ0n) is 14.3. The second-order valence-corrected chi connectivity index (χ2v) is 5.20. The second-order valence-electron chi connectivity index (χ2n) is 5.20. The van der Waals surface area contributed by atoms with E-state index in [1.54, 1.807) is 14.2 Å². The molecule has 0 saturated heterocycles. The number of hydrogen-bond acceptors (Lipinski definition) is 6. The van der Waals surface area contributed by atoms with Crippen LogP contribution in [0.4, 0.5) is 0 Å². The summed E-state index contributed by atoms with van der Waals surface area (Å²) in [5.74, 6) is -0.639. The number of nitrogens with zero attached hydrogens (tertiary/aromatic N) is 1. The summed E-state index contributed by atoms with van der Waals surface area (Å²) in [5, 5.41) is 3.22. The first-order valence-electron chi connectivity index (χ1n) is 7.97. The van der Waals surface area contributed by atoms with Crippen LogP contribution in [0.2, 0.25) is 0 Å². The summed E-state index contributed by atoms with van der Waals surface area (Å²) in [7, 11) is 1.58. The molecule has 0 spiro atoms. The van der Waals surface area contributed by atoms with Gasteiger partial charge in [0.15, 0.2) is 0 Å². The van der Waals surface area contributed by atoms with Crippen LogP contribution in [0.3, 0.4) is 0 Å². The average Bonchev–Trinajstić information content (AvgIpc) is 2.62.